The normalized spacial score (nSPS) is 22.5. The van der Waals surface area contributed by atoms with Gasteiger partial charge in [0.05, 0.1) is 0 Å². The Labute approximate surface area is 74.2 Å². The first kappa shape index (κ1) is 7.96. The third kappa shape index (κ3) is 1.32. The highest BCUT2D eigenvalue weighted by molar-refractivity contribution is 5.16. The minimum absolute atomic E-state index is 0.398. The van der Waals surface area contributed by atoms with Crippen molar-refractivity contribution in [3.05, 3.63) is 41.1 Å². The van der Waals surface area contributed by atoms with Gasteiger partial charge in [-0.3, -0.25) is 5.21 Å². The summed E-state index contributed by atoms with van der Waals surface area (Å²) < 4.78 is 0. The fourth-order valence-corrected chi connectivity index (χ4v) is 1.19. The van der Waals surface area contributed by atoms with E-state index in [2.05, 4.69) is 10.8 Å². The third-order valence-electron chi connectivity index (χ3n) is 1.78. The van der Waals surface area contributed by atoms with Crippen LogP contribution in [-0.4, -0.2) is 15.2 Å². The molecule has 6 nitrogen and oxygen atoms in total. The van der Waals surface area contributed by atoms with Crippen molar-refractivity contribution >= 4 is 0 Å². The zero-order chi connectivity index (χ0) is 9.26. The Bertz CT molecular complexity index is 327. The first-order valence-corrected chi connectivity index (χ1v) is 3.75. The van der Waals surface area contributed by atoms with Crippen LogP contribution in [0.2, 0.25) is 0 Å². The molecule has 0 saturated heterocycles. The number of hydrazine groups is 1. The Kier molecular flexibility index (Phi) is 1.84. The summed E-state index contributed by atoms with van der Waals surface area (Å²) in [6.07, 6.45) is -0.804. The van der Waals surface area contributed by atoms with Crippen molar-refractivity contribution in [2.45, 2.75) is 6.17 Å². The SMILES string of the molecule is [O-][N+]1=NNN(O)C1c1ccccc1. The lowest BCUT2D eigenvalue weighted by molar-refractivity contribution is -0.588. The van der Waals surface area contributed by atoms with Crippen LogP contribution in [-0.2, 0) is 0 Å². The van der Waals surface area contributed by atoms with Crippen molar-refractivity contribution in [2.24, 2.45) is 5.22 Å². The largest absolute Gasteiger partial charge is 0.694 e. The molecule has 0 amide bonds. The van der Waals surface area contributed by atoms with E-state index in [-0.39, 0.29) is 0 Å². The molecule has 2 N–H and O–H groups in total. The van der Waals surface area contributed by atoms with Gasteiger partial charge in [-0.2, -0.15) is 0 Å². The Morgan fingerprint density at radius 3 is 2.69 bits per heavy atom. The third-order valence-corrected chi connectivity index (χ3v) is 1.78. The molecule has 1 aliphatic heterocycles. The van der Waals surface area contributed by atoms with E-state index in [1.54, 1.807) is 24.3 Å². The molecular formula is C7H8N4O2. The Morgan fingerprint density at radius 2 is 2.15 bits per heavy atom. The van der Waals surface area contributed by atoms with Crippen molar-refractivity contribution in [1.82, 2.24) is 10.7 Å². The van der Waals surface area contributed by atoms with Gasteiger partial charge in [-0.15, -0.1) is 4.86 Å². The summed E-state index contributed by atoms with van der Waals surface area (Å²) in [6, 6.07) is 8.88. The summed E-state index contributed by atoms with van der Waals surface area (Å²) in [5.74, 6) is 0. The second-order valence-corrected chi connectivity index (χ2v) is 2.63. The summed E-state index contributed by atoms with van der Waals surface area (Å²) in [6.45, 7) is 0. The molecule has 2 rings (SSSR count). The van der Waals surface area contributed by atoms with E-state index < -0.39 is 6.17 Å². The Balaban J connectivity index is 2.31. The summed E-state index contributed by atoms with van der Waals surface area (Å²) in [7, 11) is 0. The second kappa shape index (κ2) is 3.00. The fourth-order valence-electron chi connectivity index (χ4n) is 1.19. The quantitative estimate of drug-likeness (QED) is 0.494. The molecule has 1 atom stereocenters. The van der Waals surface area contributed by atoms with E-state index in [0.29, 0.717) is 15.6 Å². The number of nitrogens with one attached hydrogen (secondary N) is 1. The topological polar surface area (TPSA) is 73.9 Å². The van der Waals surface area contributed by atoms with E-state index in [1.807, 2.05) is 6.07 Å². The molecule has 13 heavy (non-hydrogen) atoms. The highest BCUT2D eigenvalue weighted by Gasteiger charge is 2.32. The molecule has 6 heteroatoms. The molecule has 68 valence electrons. The zero-order valence-corrected chi connectivity index (χ0v) is 6.66. The van der Waals surface area contributed by atoms with Gasteiger partial charge >= 0.3 is 0 Å². The lowest BCUT2D eigenvalue weighted by Crippen LogP contribution is -2.30. The van der Waals surface area contributed by atoms with Crippen LogP contribution in [0.25, 0.3) is 0 Å². The van der Waals surface area contributed by atoms with Crippen LogP contribution >= 0.6 is 0 Å². The molecule has 0 radical (unpaired) electrons. The maximum Gasteiger partial charge on any atom is 0.262 e. The second-order valence-electron chi connectivity index (χ2n) is 2.63. The highest BCUT2D eigenvalue weighted by atomic mass is 16.6. The lowest BCUT2D eigenvalue weighted by atomic mass is 10.2. The smallest absolute Gasteiger partial charge is 0.262 e. The molecule has 1 aromatic rings. The number of hydrogen-bond donors (Lipinski definition) is 2. The summed E-state index contributed by atoms with van der Waals surface area (Å²) in [5, 5.41) is 24.2. The highest BCUT2D eigenvalue weighted by Crippen LogP contribution is 2.21. The summed E-state index contributed by atoms with van der Waals surface area (Å²) >= 11 is 0. The van der Waals surface area contributed by atoms with Crippen LogP contribution in [0, 0.1) is 5.21 Å². The van der Waals surface area contributed by atoms with Crippen LogP contribution in [0.1, 0.15) is 11.7 Å². The molecule has 1 heterocycles. The van der Waals surface area contributed by atoms with Crippen molar-refractivity contribution in [1.29, 1.82) is 0 Å². The van der Waals surface area contributed by atoms with E-state index >= 15 is 0 Å². The number of hydrogen-bond acceptors (Lipinski definition) is 5. The maximum atomic E-state index is 11.1. The number of hydroxylamine groups is 2. The van der Waals surface area contributed by atoms with Gasteiger partial charge in [0.2, 0.25) is 0 Å². The molecular weight excluding hydrogens is 172 g/mol. The van der Waals surface area contributed by atoms with E-state index in [4.69, 9.17) is 0 Å². The van der Waals surface area contributed by atoms with Gasteiger partial charge < -0.3 is 5.21 Å². The van der Waals surface area contributed by atoms with Gasteiger partial charge in [0.25, 0.3) is 6.17 Å². The van der Waals surface area contributed by atoms with Crippen LogP contribution in [0.15, 0.2) is 35.6 Å². The Hall–Kier alpha value is -1.66. The number of benzene rings is 1. The van der Waals surface area contributed by atoms with Crippen LogP contribution in [0.4, 0.5) is 0 Å². The van der Waals surface area contributed by atoms with Gasteiger partial charge in [0.15, 0.2) is 0 Å². The molecule has 0 saturated carbocycles. The average Bonchev–Trinajstić information content (AvgIpc) is 2.48. The fraction of sp³-hybridized carbons (Fsp3) is 0.143. The van der Waals surface area contributed by atoms with Gasteiger partial charge in [0, 0.05) is 10.7 Å². The van der Waals surface area contributed by atoms with Crippen LogP contribution < -0.4 is 5.53 Å². The van der Waals surface area contributed by atoms with Crippen molar-refractivity contribution in [2.75, 3.05) is 0 Å². The predicted octanol–water partition coefficient (Wildman–Crippen LogP) is 0.772. The zero-order valence-electron chi connectivity index (χ0n) is 6.66. The van der Waals surface area contributed by atoms with Gasteiger partial charge in [-0.05, 0) is 0 Å². The first-order chi connectivity index (χ1) is 6.29. The van der Waals surface area contributed by atoms with E-state index in [1.165, 1.54) is 0 Å². The molecule has 1 aromatic carbocycles. The molecule has 1 unspecified atom stereocenters. The monoisotopic (exact) mass is 180 g/mol. The molecule has 0 aromatic heterocycles. The standard InChI is InChI=1S/C7H8N4O2/c12-10-7(11(13)9-8-10)6-4-2-1-3-5-6/h1-5,7-8,12H. The Morgan fingerprint density at radius 1 is 1.46 bits per heavy atom. The van der Waals surface area contributed by atoms with Crippen molar-refractivity contribution < 1.29 is 10.1 Å². The first-order valence-electron chi connectivity index (χ1n) is 3.75. The molecule has 0 bridgehead atoms. The summed E-state index contributed by atoms with van der Waals surface area (Å²) in [4.78, 5) is 0.398. The van der Waals surface area contributed by atoms with E-state index in [0.717, 1.165) is 0 Å². The number of rotatable bonds is 1. The van der Waals surface area contributed by atoms with Crippen molar-refractivity contribution in [3.63, 3.8) is 0 Å². The summed E-state index contributed by atoms with van der Waals surface area (Å²) in [5.41, 5.74) is 2.82. The minimum atomic E-state index is -0.804. The maximum absolute atomic E-state index is 11.1. The van der Waals surface area contributed by atoms with Crippen LogP contribution in [0.3, 0.4) is 0 Å². The van der Waals surface area contributed by atoms with Crippen LogP contribution in [0.5, 0.6) is 0 Å². The lowest BCUT2D eigenvalue weighted by Gasteiger charge is -2.13. The van der Waals surface area contributed by atoms with E-state index in [9.17, 15) is 10.4 Å². The molecule has 0 fully saturated rings. The van der Waals surface area contributed by atoms with Gasteiger partial charge in [0.1, 0.15) is 5.22 Å². The molecule has 0 aliphatic carbocycles. The van der Waals surface area contributed by atoms with Gasteiger partial charge in [-0.1, -0.05) is 35.9 Å². The number of nitrogens with zero attached hydrogens (tertiary/aromatic N) is 3. The van der Waals surface area contributed by atoms with Gasteiger partial charge in [-0.25, -0.2) is 0 Å². The average molecular weight is 180 g/mol. The van der Waals surface area contributed by atoms with Crippen molar-refractivity contribution in [3.8, 4) is 0 Å². The molecule has 0 spiro atoms. The minimum Gasteiger partial charge on any atom is -0.694 e. The molecule has 1 aliphatic rings. The predicted molar refractivity (Wildman–Crippen MR) is 42.0 cm³/mol.